The molecule has 2 rings (SSSR count). The minimum absolute atomic E-state index is 0.316. The zero-order chi connectivity index (χ0) is 12.8. The Balaban J connectivity index is 2.29. The number of nitrogens with zero attached hydrogens (tertiary/aromatic N) is 1. The maximum absolute atomic E-state index is 4.57. The lowest BCUT2D eigenvalue weighted by Crippen LogP contribution is -2.17. The van der Waals surface area contributed by atoms with E-state index in [-0.39, 0.29) is 0 Å². The summed E-state index contributed by atoms with van der Waals surface area (Å²) in [5.41, 5.74) is 1.15. The number of allylic oxidation sites excluding steroid dienone is 1. The van der Waals surface area contributed by atoms with E-state index in [0.29, 0.717) is 6.04 Å². The van der Waals surface area contributed by atoms with E-state index in [1.165, 1.54) is 10.8 Å². The predicted molar refractivity (Wildman–Crippen MR) is 77.6 cm³/mol. The van der Waals surface area contributed by atoms with Crippen molar-refractivity contribution < 1.29 is 0 Å². The highest BCUT2D eigenvalue weighted by atomic mass is 14.9. The fraction of sp³-hybridized carbons (Fsp3) is 0.312. The molecule has 0 radical (unpaired) electrons. The molecule has 0 amide bonds. The molecule has 1 atom stereocenters. The first-order valence-electron chi connectivity index (χ1n) is 6.48. The Morgan fingerprint density at radius 1 is 1.33 bits per heavy atom. The van der Waals surface area contributed by atoms with Crippen LogP contribution >= 0.6 is 0 Å². The third-order valence-corrected chi connectivity index (χ3v) is 3.28. The average molecular weight is 240 g/mol. The highest BCUT2D eigenvalue weighted by molar-refractivity contribution is 5.84. The van der Waals surface area contributed by atoms with Crippen LogP contribution in [0.4, 0.5) is 0 Å². The summed E-state index contributed by atoms with van der Waals surface area (Å²) in [5.74, 6) is 0. The van der Waals surface area contributed by atoms with Crippen molar-refractivity contribution in [2.75, 3.05) is 7.05 Å². The zero-order valence-corrected chi connectivity index (χ0v) is 10.9. The Hall–Kier alpha value is -1.67. The van der Waals surface area contributed by atoms with Crippen LogP contribution in [0.1, 0.15) is 31.0 Å². The quantitative estimate of drug-likeness (QED) is 0.612. The molecular formula is C16H20N2. The van der Waals surface area contributed by atoms with Gasteiger partial charge in [0.05, 0.1) is 5.69 Å². The highest BCUT2D eigenvalue weighted by Crippen LogP contribution is 2.25. The SMILES string of the molecule is C=CCCCC(NC)c1nccc2ccccc12. The van der Waals surface area contributed by atoms with Gasteiger partial charge in [0.15, 0.2) is 0 Å². The minimum Gasteiger partial charge on any atom is -0.312 e. The number of hydrogen-bond acceptors (Lipinski definition) is 2. The second kappa shape index (κ2) is 6.31. The number of unbranched alkanes of at least 4 members (excludes halogenated alkanes) is 1. The summed E-state index contributed by atoms with van der Waals surface area (Å²) in [5, 5.41) is 5.88. The summed E-state index contributed by atoms with van der Waals surface area (Å²) in [7, 11) is 2.00. The normalized spacial score (nSPS) is 12.5. The largest absolute Gasteiger partial charge is 0.312 e. The highest BCUT2D eigenvalue weighted by Gasteiger charge is 2.12. The molecule has 1 aromatic heterocycles. The molecule has 1 aromatic carbocycles. The van der Waals surface area contributed by atoms with Gasteiger partial charge in [0.25, 0.3) is 0 Å². The molecule has 0 fully saturated rings. The fourth-order valence-electron chi connectivity index (χ4n) is 2.30. The molecule has 2 heteroatoms. The molecule has 0 aliphatic carbocycles. The molecule has 0 aliphatic rings. The van der Waals surface area contributed by atoms with Crippen molar-refractivity contribution in [3.63, 3.8) is 0 Å². The summed E-state index contributed by atoms with van der Waals surface area (Å²) in [6.45, 7) is 3.77. The van der Waals surface area contributed by atoms with E-state index in [1.54, 1.807) is 0 Å². The lowest BCUT2D eigenvalue weighted by Gasteiger charge is -2.17. The molecule has 1 N–H and O–H groups in total. The van der Waals surface area contributed by atoms with E-state index in [0.717, 1.165) is 25.0 Å². The lowest BCUT2D eigenvalue weighted by atomic mass is 10.0. The maximum atomic E-state index is 4.57. The van der Waals surface area contributed by atoms with Crippen molar-refractivity contribution in [2.24, 2.45) is 0 Å². The van der Waals surface area contributed by atoms with Crippen LogP contribution in [0.15, 0.2) is 49.2 Å². The van der Waals surface area contributed by atoms with Crippen molar-refractivity contribution >= 4 is 10.8 Å². The van der Waals surface area contributed by atoms with E-state index < -0.39 is 0 Å². The van der Waals surface area contributed by atoms with Crippen LogP contribution in [0, 0.1) is 0 Å². The van der Waals surface area contributed by atoms with Gasteiger partial charge in [-0.05, 0) is 37.8 Å². The summed E-state index contributed by atoms with van der Waals surface area (Å²) in [6.07, 6.45) is 7.16. The summed E-state index contributed by atoms with van der Waals surface area (Å²) in [4.78, 5) is 4.57. The Bertz CT molecular complexity index is 514. The predicted octanol–water partition coefficient (Wildman–Crippen LogP) is 3.85. The van der Waals surface area contributed by atoms with Gasteiger partial charge < -0.3 is 5.32 Å². The Kier molecular flexibility index (Phi) is 4.48. The first-order chi connectivity index (χ1) is 8.86. The summed E-state index contributed by atoms with van der Waals surface area (Å²) < 4.78 is 0. The number of nitrogens with one attached hydrogen (secondary N) is 1. The van der Waals surface area contributed by atoms with Crippen molar-refractivity contribution in [1.29, 1.82) is 0 Å². The van der Waals surface area contributed by atoms with Gasteiger partial charge in [0.1, 0.15) is 0 Å². The average Bonchev–Trinajstić information content (AvgIpc) is 2.43. The van der Waals surface area contributed by atoms with E-state index in [1.807, 2.05) is 19.3 Å². The second-order valence-electron chi connectivity index (χ2n) is 4.48. The lowest BCUT2D eigenvalue weighted by molar-refractivity contribution is 0.522. The van der Waals surface area contributed by atoms with Crippen LogP contribution in [0.2, 0.25) is 0 Å². The van der Waals surface area contributed by atoms with E-state index >= 15 is 0 Å². The molecule has 0 spiro atoms. The molecule has 1 unspecified atom stereocenters. The molecule has 2 nitrogen and oxygen atoms in total. The molecule has 2 aromatic rings. The number of fused-ring (bicyclic) bond motifs is 1. The topological polar surface area (TPSA) is 24.9 Å². The number of benzene rings is 1. The Labute approximate surface area is 109 Å². The van der Waals surface area contributed by atoms with Gasteiger partial charge in [0, 0.05) is 17.6 Å². The molecule has 0 aliphatic heterocycles. The van der Waals surface area contributed by atoms with Crippen LogP contribution in [0.3, 0.4) is 0 Å². The van der Waals surface area contributed by atoms with Gasteiger partial charge in [-0.1, -0.05) is 30.3 Å². The molecule has 94 valence electrons. The number of hydrogen-bond donors (Lipinski definition) is 1. The second-order valence-corrected chi connectivity index (χ2v) is 4.48. The third-order valence-electron chi connectivity index (χ3n) is 3.28. The van der Waals surface area contributed by atoms with E-state index in [4.69, 9.17) is 0 Å². The van der Waals surface area contributed by atoms with E-state index in [2.05, 4.69) is 47.2 Å². The monoisotopic (exact) mass is 240 g/mol. The molecule has 0 saturated carbocycles. The molecule has 0 bridgehead atoms. The van der Waals surface area contributed by atoms with Gasteiger partial charge in [-0.25, -0.2) is 0 Å². The van der Waals surface area contributed by atoms with Crippen molar-refractivity contribution in [3.8, 4) is 0 Å². The van der Waals surface area contributed by atoms with Crippen molar-refractivity contribution in [2.45, 2.75) is 25.3 Å². The number of aromatic nitrogens is 1. The fourth-order valence-corrected chi connectivity index (χ4v) is 2.30. The van der Waals surface area contributed by atoms with Crippen LogP contribution in [-0.2, 0) is 0 Å². The Morgan fingerprint density at radius 2 is 2.17 bits per heavy atom. The van der Waals surface area contributed by atoms with Gasteiger partial charge in [-0.3, -0.25) is 4.98 Å². The van der Waals surface area contributed by atoms with Gasteiger partial charge in [-0.15, -0.1) is 6.58 Å². The molecule has 1 heterocycles. The maximum Gasteiger partial charge on any atom is 0.0651 e. The third kappa shape index (κ3) is 2.77. The van der Waals surface area contributed by atoms with Gasteiger partial charge in [-0.2, -0.15) is 0 Å². The van der Waals surface area contributed by atoms with Gasteiger partial charge in [0.2, 0.25) is 0 Å². The standard InChI is InChI=1S/C16H20N2/c1-3-4-5-10-15(17-2)16-14-9-7-6-8-13(14)11-12-18-16/h3,6-9,11-12,15,17H,1,4-5,10H2,2H3. The first-order valence-corrected chi connectivity index (χ1v) is 6.48. The van der Waals surface area contributed by atoms with Crippen molar-refractivity contribution in [3.05, 3.63) is 54.9 Å². The molecular weight excluding hydrogens is 220 g/mol. The first kappa shape index (κ1) is 12.8. The zero-order valence-electron chi connectivity index (χ0n) is 10.9. The van der Waals surface area contributed by atoms with Crippen LogP contribution in [0.25, 0.3) is 10.8 Å². The molecule has 0 saturated heterocycles. The van der Waals surface area contributed by atoms with E-state index in [9.17, 15) is 0 Å². The number of rotatable bonds is 6. The van der Waals surface area contributed by atoms with Crippen molar-refractivity contribution in [1.82, 2.24) is 10.3 Å². The smallest absolute Gasteiger partial charge is 0.0651 e. The Morgan fingerprint density at radius 3 is 2.94 bits per heavy atom. The summed E-state index contributed by atoms with van der Waals surface area (Å²) >= 11 is 0. The van der Waals surface area contributed by atoms with Crippen LogP contribution < -0.4 is 5.32 Å². The number of pyridine rings is 1. The molecule has 18 heavy (non-hydrogen) atoms. The van der Waals surface area contributed by atoms with Crippen LogP contribution in [-0.4, -0.2) is 12.0 Å². The summed E-state index contributed by atoms with van der Waals surface area (Å²) in [6, 6.07) is 10.8. The minimum atomic E-state index is 0.316. The van der Waals surface area contributed by atoms with Crippen LogP contribution in [0.5, 0.6) is 0 Å². The van der Waals surface area contributed by atoms with Gasteiger partial charge >= 0.3 is 0 Å².